The van der Waals surface area contributed by atoms with E-state index in [0.717, 1.165) is 17.8 Å². The fraction of sp³-hybridized carbons (Fsp3) is 0.455. The van der Waals surface area contributed by atoms with Crippen molar-refractivity contribution in [1.29, 1.82) is 0 Å². The topological polar surface area (TPSA) is 68.0 Å². The number of amides is 1. The Balaban J connectivity index is 2.51. The van der Waals surface area contributed by atoms with Gasteiger partial charge in [0.05, 0.1) is 0 Å². The van der Waals surface area contributed by atoms with Crippen LogP contribution < -0.4 is 11.1 Å². The molecule has 1 amide bonds. The third-order valence-corrected chi connectivity index (χ3v) is 2.15. The zero-order valence-corrected chi connectivity index (χ0v) is 9.16. The average molecular weight is 207 g/mol. The number of hydrogen-bond donors (Lipinski definition) is 2. The molecule has 1 heterocycles. The van der Waals surface area contributed by atoms with Crippen LogP contribution >= 0.6 is 0 Å². The summed E-state index contributed by atoms with van der Waals surface area (Å²) in [5.74, 6) is -0.0463. The second-order valence-electron chi connectivity index (χ2n) is 3.61. The van der Waals surface area contributed by atoms with Crippen LogP contribution in [0.3, 0.4) is 0 Å². The zero-order valence-electron chi connectivity index (χ0n) is 9.16. The highest BCUT2D eigenvalue weighted by Gasteiger charge is 2.07. The van der Waals surface area contributed by atoms with Gasteiger partial charge in [0, 0.05) is 30.0 Å². The van der Waals surface area contributed by atoms with Crippen LogP contribution in [0, 0.1) is 6.92 Å². The molecule has 0 spiro atoms. The SMILES string of the molecule is CCC(N)CC(=O)Nc1ccnc(C)c1. The van der Waals surface area contributed by atoms with Crippen molar-refractivity contribution in [3.63, 3.8) is 0 Å². The van der Waals surface area contributed by atoms with Crippen molar-refractivity contribution in [3.8, 4) is 0 Å². The monoisotopic (exact) mass is 207 g/mol. The van der Waals surface area contributed by atoms with E-state index in [4.69, 9.17) is 5.73 Å². The first-order chi connectivity index (χ1) is 7.11. The van der Waals surface area contributed by atoms with Crippen LogP contribution in [-0.2, 0) is 4.79 Å². The molecule has 0 fully saturated rings. The van der Waals surface area contributed by atoms with Gasteiger partial charge in [0.15, 0.2) is 0 Å². The fourth-order valence-corrected chi connectivity index (χ4v) is 1.22. The molecule has 0 aliphatic carbocycles. The molecule has 1 aromatic heterocycles. The third-order valence-electron chi connectivity index (χ3n) is 2.15. The number of carbonyl (C=O) groups excluding carboxylic acids is 1. The van der Waals surface area contributed by atoms with Crippen LogP contribution in [0.1, 0.15) is 25.5 Å². The lowest BCUT2D eigenvalue weighted by Crippen LogP contribution is -2.26. The molecule has 0 saturated heterocycles. The van der Waals surface area contributed by atoms with E-state index in [0.29, 0.717) is 6.42 Å². The minimum absolute atomic E-state index is 0.0463. The minimum Gasteiger partial charge on any atom is -0.327 e. The molecule has 0 saturated carbocycles. The number of aromatic nitrogens is 1. The van der Waals surface area contributed by atoms with Crippen molar-refractivity contribution >= 4 is 11.6 Å². The van der Waals surface area contributed by atoms with Crippen LogP contribution in [0.2, 0.25) is 0 Å². The molecule has 4 heteroatoms. The molecular formula is C11H17N3O. The van der Waals surface area contributed by atoms with Gasteiger partial charge in [0.2, 0.25) is 5.91 Å². The second-order valence-corrected chi connectivity index (χ2v) is 3.61. The first kappa shape index (κ1) is 11.7. The smallest absolute Gasteiger partial charge is 0.225 e. The van der Waals surface area contributed by atoms with Crippen molar-refractivity contribution in [1.82, 2.24) is 4.98 Å². The Labute approximate surface area is 89.9 Å². The van der Waals surface area contributed by atoms with Crippen molar-refractivity contribution in [2.45, 2.75) is 32.7 Å². The maximum Gasteiger partial charge on any atom is 0.225 e. The lowest BCUT2D eigenvalue weighted by Gasteiger charge is -2.09. The number of nitrogens with two attached hydrogens (primary N) is 1. The molecule has 3 N–H and O–H groups in total. The van der Waals surface area contributed by atoms with Gasteiger partial charge in [-0.15, -0.1) is 0 Å². The van der Waals surface area contributed by atoms with E-state index in [2.05, 4.69) is 10.3 Å². The molecule has 0 bridgehead atoms. The van der Waals surface area contributed by atoms with Crippen LogP contribution in [0.4, 0.5) is 5.69 Å². The molecule has 4 nitrogen and oxygen atoms in total. The number of hydrogen-bond acceptors (Lipinski definition) is 3. The highest BCUT2D eigenvalue weighted by molar-refractivity contribution is 5.91. The Morgan fingerprint density at radius 2 is 2.40 bits per heavy atom. The van der Waals surface area contributed by atoms with Crippen LogP contribution in [0.15, 0.2) is 18.3 Å². The molecule has 1 atom stereocenters. The summed E-state index contributed by atoms with van der Waals surface area (Å²) in [6.07, 6.45) is 2.84. The van der Waals surface area contributed by atoms with E-state index in [1.807, 2.05) is 19.9 Å². The van der Waals surface area contributed by atoms with Gasteiger partial charge in [0.1, 0.15) is 0 Å². The Kier molecular flexibility index (Phi) is 4.24. The molecule has 0 aliphatic heterocycles. The summed E-state index contributed by atoms with van der Waals surface area (Å²) in [6, 6.07) is 3.53. The Morgan fingerprint density at radius 1 is 1.67 bits per heavy atom. The van der Waals surface area contributed by atoms with Crippen molar-refractivity contribution in [3.05, 3.63) is 24.0 Å². The van der Waals surface area contributed by atoms with Gasteiger partial charge in [-0.05, 0) is 25.5 Å². The van der Waals surface area contributed by atoms with E-state index in [-0.39, 0.29) is 11.9 Å². The number of pyridine rings is 1. The van der Waals surface area contributed by atoms with Gasteiger partial charge in [0.25, 0.3) is 0 Å². The molecule has 15 heavy (non-hydrogen) atoms. The summed E-state index contributed by atoms with van der Waals surface area (Å²) in [6.45, 7) is 3.85. The molecular weight excluding hydrogens is 190 g/mol. The van der Waals surface area contributed by atoms with Gasteiger partial charge in [-0.3, -0.25) is 9.78 Å². The second kappa shape index (κ2) is 5.46. The maximum absolute atomic E-state index is 11.5. The number of nitrogens with one attached hydrogen (secondary N) is 1. The quantitative estimate of drug-likeness (QED) is 0.785. The number of aryl methyl sites for hydroxylation is 1. The van der Waals surface area contributed by atoms with Gasteiger partial charge in [-0.25, -0.2) is 0 Å². The van der Waals surface area contributed by atoms with Crippen LogP contribution in [0.25, 0.3) is 0 Å². The van der Waals surface area contributed by atoms with Gasteiger partial charge >= 0.3 is 0 Å². The summed E-state index contributed by atoms with van der Waals surface area (Å²) in [5.41, 5.74) is 7.34. The number of anilines is 1. The van der Waals surface area contributed by atoms with Crippen LogP contribution in [0.5, 0.6) is 0 Å². The Hall–Kier alpha value is -1.42. The maximum atomic E-state index is 11.5. The summed E-state index contributed by atoms with van der Waals surface area (Å²) in [5, 5.41) is 2.79. The van der Waals surface area contributed by atoms with E-state index >= 15 is 0 Å². The Bertz CT molecular complexity index is 338. The molecule has 1 rings (SSSR count). The third kappa shape index (κ3) is 4.08. The van der Waals surface area contributed by atoms with Gasteiger partial charge in [-0.1, -0.05) is 6.92 Å². The first-order valence-corrected chi connectivity index (χ1v) is 5.10. The van der Waals surface area contributed by atoms with E-state index in [9.17, 15) is 4.79 Å². The summed E-state index contributed by atoms with van der Waals surface area (Å²) >= 11 is 0. The molecule has 1 unspecified atom stereocenters. The predicted molar refractivity (Wildman–Crippen MR) is 60.5 cm³/mol. The Morgan fingerprint density at radius 3 is 3.00 bits per heavy atom. The average Bonchev–Trinajstić information content (AvgIpc) is 2.17. The van der Waals surface area contributed by atoms with E-state index in [1.165, 1.54) is 0 Å². The number of nitrogens with zero attached hydrogens (tertiary/aromatic N) is 1. The van der Waals surface area contributed by atoms with E-state index < -0.39 is 0 Å². The summed E-state index contributed by atoms with van der Waals surface area (Å²) in [7, 11) is 0. The largest absolute Gasteiger partial charge is 0.327 e. The lowest BCUT2D eigenvalue weighted by molar-refractivity contribution is -0.116. The molecule has 82 valence electrons. The highest BCUT2D eigenvalue weighted by atomic mass is 16.1. The molecule has 0 radical (unpaired) electrons. The zero-order chi connectivity index (χ0) is 11.3. The number of rotatable bonds is 4. The van der Waals surface area contributed by atoms with E-state index in [1.54, 1.807) is 12.3 Å². The minimum atomic E-state index is -0.0621. The predicted octanol–water partition coefficient (Wildman–Crippen LogP) is 1.46. The summed E-state index contributed by atoms with van der Waals surface area (Å²) in [4.78, 5) is 15.5. The molecule has 0 aliphatic rings. The highest BCUT2D eigenvalue weighted by Crippen LogP contribution is 2.08. The van der Waals surface area contributed by atoms with Crippen molar-refractivity contribution < 1.29 is 4.79 Å². The lowest BCUT2D eigenvalue weighted by atomic mass is 10.1. The standard InChI is InChI=1S/C11H17N3O/c1-3-9(12)7-11(15)14-10-4-5-13-8(2)6-10/h4-6,9H,3,7,12H2,1-2H3,(H,13,14,15). The van der Waals surface area contributed by atoms with Crippen molar-refractivity contribution in [2.75, 3.05) is 5.32 Å². The first-order valence-electron chi connectivity index (χ1n) is 5.10. The van der Waals surface area contributed by atoms with Crippen LogP contribution in [-0.4, -0.2) is 16.9 Å². The fourth-order valence-electron chi connectivity index (χ4n) is 1.22. The van der Waals surface area contributed by atoms with Crippen molar-refractivity contribution in [2.24, 2.45) is 5.73 Å². The van der Waals surface area contributed by atoms with Gasteiger partial charge < -0.3 is 11.1 Å². The number of carbonyl (C=O) groups is 1. The van der Waals surface area contributed by atoms with Gasteiger partial charge in [-0.2, -0.15) is 0 Å². The normalized spacial score (nSPS) is 12.2. The molecule has 0 aromatic carbocycles. The molecule has 1 aromatic rings. The summed E-state index contributed by atoms with van der Waals surface area (Å²) < 4.78 is 0.